The predicted molar refractivity (Wildman–Crippen MR) is 144 cm³/mol. The third-order valence-corrected chi connectivity index (χ3v) is 7.14. The molecule has 4 aromatic rings. The number of ether oxygens (including phenoxy) is 1. The van der Waals surface area contributed by atoms with E-state index in [-0.39, 0.29) is 23.5 Å². The van der Waals surface area contributed by atoms with Crippen molar-refractivity contribution in [2.75, 3.05) is 26.2 Å². The average Bonchev–Trinajstić information content (AvgIpc) is 3.56. The number of aldehydes is 1. The van der Waals surface area contributed by atoms with Gasteiger partial charge in [0.05, 0.1) is 30.5 Å². The Kier molecular flexibility index (Phi) is 8.78. The van der Waals surface area contributed by atoms with Crippen LogP contribution in [0.25, 0.3) is 16.9 Å². The van der Waals surface area contributed by atoms with Gasteiger partial charge in [0.25, 0.3) is 0 Å². The summed E-state index contributed by atoms with van der Waals surface area (Å²) in [5.74, 6) is -0.321. The zero-order chi connectivity index (χ0) is 28.1. The van der Waals surface area contributed by atoms with Crippen LogP contribution in [0.2, 0.25) is 5.02 Å². The van der Waals surface area contributed by atoms with Crippen molar-refractivity contribution in [3.63, 3.8) is 0 Å². The van der Waals surface area contributed by atoms with Crippen molar-refractivity contribution in [2.45, 2.75) is 38.5 Å². The fourth-order valence-electron chi connectivity index (χ4n) is 4.93. The van der Waals surface area contributed by atoms with Crippen LogP contribution in [0, 0.1) is 0 Å². The molecule has 1 fully saturated rings. The zero-order valence-electron chi connectivity index (χ0n) is 21.5. The number of likely N-dealkylation sites (tertiary alicyclic amines) is 1. The lowest BCUT2D eigenvalue weighted by Crippen LogP contribution is -2.43. The first-order valence-electron chi connectivity index (χ1n) is 12.9. The lowest BCUT2D eigenvalue weighted by molar-refractivity contribution is -0.107. The molecule has 0 aliphatic carbocycles. The normalized spacial score (nSPS) is 14.7. The fourth-order valence-corrected chi connectivity index (χ4v) is 5.10. The molecule has 1 saturated heterocycles. The Balaban J connectivity index is 1.40. The molecule has 0 radical (unpaired) electrons. The van der Waals surface area contributed by atoms with Gasteiger partial charge in [0.1, 0.15) is 12.0 Å². The van der Waals surface area contributed by atoms with Crippen LogP contribution in [0.4, 0.5) is 8.78 Å². The van der Waals surface area contributed by atoms with E-state index in [9.17, 15) is 18.4 Å². The van der Waals surface area contributed by atoms with E-state index in [1.165, 1.54) is 28.9 Å². The number of benzene rings is 1. The van der Waals surface area contributed by atoms with Gasteiger partial charge in [-0.15, -0.1) is 0 Å². The Hall–Kier alpha value is -3.74. The number of fused-ring (bicyclic) bond motifs is 1. The van der Waals surface area contributed by atoms with Crippen LogP contribution in [0.15, 0.2) is 49.1 Å². The van der Waals surface area contributed by atoms with Crippen LogP contribution in [0.3, 0.4) is 0 Å². The summed E-state index contributed by atoms with van der Waals surface area (Å²) in [6.07, 6.45) is 9.19. The minimum atomic E-state index is -3.04. The van der Waals surface area contributed by atoms with E-state index in [4.69, 9.17) is 21.4 Å². The molecule has 4 heterocycles. The number of hydrogen-bond donors (Lipinski definition) is 1. The van der Waals surface area contributed by atoms with Crippen molar-refractivity contribution >= 4 is 29.3 Å². The first kappa shape index (κ1) is 27.8. The number of halogens is 3. The summed E-state index contributed by atoms with van der Waals surface area (Å²) in [7, 11) is 0. The number of nitrogens with zero attached hydrogens (tertiary/aromatic N) is 6. The van der Waals surface area contributed by atoms with Gasteiger partial charge in [0, 0.05) is 53.7 Å². The molecular formula is C27H28ClF2N7O3. The number of piperidine rings is 1. The largest absolute Gasteiger partial charge is 0.434 e. The lowest BCUT2D eigenvalue weighted by Gasteiger charge is -2.32. The molecule has 0 amide bonds. The van der Waals surface area contributed by atoms with Gasteiger partial charge in [-0.05, 0) is 50.2 Å². The quantitative estimate of drug-likeness (QED) is 0.203. The smallest absolute Gasteiger partial charge is 0.387 e. The van der Waals surface area contributed by atoms with Crippen LogP contribution < -0.4 is 10.1 Å². The summed E-state index contributed by atoms with van der Waals surface area (Å²) in [6, 6.07) is 6.37. The maximum atomic E-state index is 13.4. The number of Topliss-reactive ketones (excluding diaryl/α,β-unsaturated/α-hetero) is 1. The molecule has 0 atom stereocenters. The SMILES string of the molecule is O=CCNC1CCN(CCn2cc(CC(=O)c3cnn4cccnc34)c(-c3cc(Cl)ccc3OC(F)F)n2)CC1. The first-order valence-corrected chi connectivity index (χ1v) is 13.3. The monoisotopic (exact) mass is 571 g/mol. The number of carbonyl (C=O) groups excluding carboxylic acids is 2. The van der Waals surface area contributed by atoms with E-state index in [0.29, 0.717) is 53.2 Å². The highest BCUT2D eigenvalue weighted by atomic mass is 35.5. The summed E-state index contributed by atoms with van der Waals surface area (Å²) in [4.78, 5) is 30.6. The number of nitrogens with one attached hydrogen (secondary N) is 1. The molecule has 210 valence electrons. The highest BCUT2D eigenvalue weighted by Crippen LogP contribution is 2.35. The van der Waals surface area contributed by atoms with E-state index < -0.39 is 6.61 Å². The second-order valence-electron chi connectivity index (χ2n) is 9.52. The van der Waals surface area contributed by atoms with Gasteiger partial charge in [-0.1, -0.05) is 11.6 Å². The summed E-state index contributed by atoms with van der Waals surface area (Å²) in [5.41, 5.74) is 1.93. The van der Waals surface area contributed by atoms with Crippen LogP contribution in [-0.2, 0) is 17.8 Å². The van der Waals surface area contributed by atoms with Gasteiger partial charge in [0.15, 0.2) is 11.4 Å². The molecule has 40 heavy (non-hydrogen) atoms. The Morgan fingerprint density at radius 2 is 2.08 bits per heavy atom. The van der Waals surface area contributed by atoms with Crippen molar-refractivity contribution in [2.24, 2.45) is 0 Å². The minimum absolute atomic E-state index is 0.0539. The van der Waals surface area contributed by atoms with E-state index in [1.54, 1.807) is 29.3 Å². The molecule has 0 unspecified atom stereocenters. The van der Waals surface area contributed by atoms with Crippen LogP contribution in [0.5, 0.6) is 5.75 Å². The van der Waals surface area contributed by atoms with E-state index in [0.717, 1.165) is 32.2 Å². The van der Waals surface area contributed by atoms with Crippen molar-refractivity contribution < 1.29 is 23.1 Å². The van der Waals surface area contributed by atoms with Gasteiger partial charge >= 0.3 is 6.61 Å². The summed E-state index contributed by atoms with van der Waals surface area (Å²) in [5, 5.41) is 12.4. The highest BCUT2D eigenvalue weighted by molar-refractivity contribution is 6.31. The standard InChI is InChI=1S/C27H28ClF2N7O3/c28-19-2-3-24(40-27(29)30)21(15-19)25-18(14-23(39)22-16-33-37-8-1-6-32-26(22)37)17-36(34-25)12-11-35-9-4-20(5-10-35)31-7-13-38/h1-3,6,8,13,15-17,20,27,31H,4-5,7,9-12,14H2. The van der Waals surface area contributed by atoms with Gasteiger partial charge < -0.3 is 19.7 Å². The molecule has 1 aliphatic heterocycles. The summed E-state index contributed by atoms with van der Waals surface area (Å²) >= 11 is 6.23. The first-order chi connectivity index (χ1) is 19.4. The maximum Gasteiger partial charge on any atom is 0.387 e. The van der Waals surface area contributed by atoms with E-state index in [1.807, 2.05) is 0 Å². The molecule has 0 saturated carbocycles. The number of aromatic nitrogens is 5. The lowest BCUT2D eigenvalue weighted by atomic mass is 10.0. The van der Waals surface area contributed by atoms with Crippen molar-refractivity contribution in [1.82, 2.24) is 34.6 Å². The summed E-state index contributed by atoms with van der Waals surface area (Å²) < 4.78 is 34.4. The average molecular weight is 572 g/mol. The van der Waals surface area contributed by atoms with Crippen LogP contribution in [-0.4, -0.2) is 80.2 Å². The molecular weight excluding hydrogens is 544 g/mol. The van der Waals surface area contributed by atoms with Crippen LogP contribution in [0.1, 0.15) is 28.8 Å². The predicted octanol–water partition coefficient (Wildman–Crippen LogP) is 3.53. The topological polar surface area (TPSA) is 107 Å². The Morgan fingerprint density at radius 1 is 1.25 bits per heavy atom. The molecule has 5 rings (SSSR count). The van der Waals surface area contributed by atoms with Gasteiger partial charge in [-0.25, -0.2) is 9.50 Å². The molecule has 1 aromatic carbocycles. The van der Waals surface area contributed by atoms with Crippen molar-refractivity contribution in [1.29, 1.82) is 0 Å². The number of ketones is 1. The van der Waals surface area contributed by atoms with Gasteiger partial charge in [-0.3, -0.25) is 9.48 Å². The number of hydrogen-bond acceptors (Lipinski definition) is 8. The highest BCUT2D eigenvalue weighted by Gasteiger charge is 2.23. The second kappa shape index (κ2) is 12.6. The molecule has 10 nitrogen and oxygen atoms in total. The molecule has 1 aliphatic rings. The van der Waals surface area contributed by atoms with E-state index in [2.05, 4.69) is 20.3 Å². The Labute approximate surface area is 233 Å². The van der Waals surface area contributed by atoms with Gasteiger partial charge in [0.2, 0.25) is 0 Å². The number of rotatable bonds is 12. The van der Waals surface area contributed by atoms with Crippen molar-refractivity contribution in [3.05, 3.63) is 65.2 Å². The maximum absolute atomic E-state index is 13.4. The Morgan fingerprint density at radius 3 is 2.85 bits per heavy atom. The second-order valence-corrected chi connectivity index (χ2v) is 9.96. The van der Waals surface area contributed by atoms with Crippen LogP contribution >= 0.6 is 11.6 Å². The summed E-state index contributed by atoms with van der Waals surface area (Å²) in [6.45, 7) is 0.298. The Bertz CT molecular complexity index is 1480. The van der Waals surface area contributed by atoms with E-state index >= 15 is 0 Å². The molecule has 0 spiro atoms. The number of carbonyl (C=O) groups is 2. The minimum Gasteiger partial charge on any atom is -0.434 e. The molecule has 0 bridgehead atoms. The third kappa shape index (κ3) is 6.52. The number of alkyl halides is 2. The molecule has 3 aromatic heterocycles. The fraction of sp³-hybridized carbons (Fsp3) is 0.370. The zero-order valence-corrected chi connectivity index (χ0v) is 22.3. The molecule has 13 heteroatoms. The third-order valence-electron chi connectivity index (χ3n) is 6.90. The van der Waals surface area contributed by atoms with Crippen molar-refractivity contribution in [3.8, 4) is 17.0 Å². The molecule has 1 N–H and O–H groups in total. The van der Waals surface area contributed by atoms with Gasteiger partial charge in [-0.2, -0.15) is 19.0 Å².